The summed E-state index contributed by atoms with van der Waals surface area (Å²) >= 11 is 0. The average molecular weight is 439 g/mol. The number of anilines is 2. The van der Waals surface area contributed by atoms with Gasteiger partial charge in [0.25, 0.3) is 0 Å². The maximum atomic E-state index is 13.1. The van der Waals surface area contributed by atoms with Crippen LogP contribution in [0.4, 0.5) is 11.4 Å². The van der Waals surface area contributed by atoms with E-state index in [0.717, 1.165) is 28.8 Å². The monoisotopic (exact) mass is 438 g/mol. The van der Waals surface area contributed by atoms with Gasteiger partial charge in [-0.25, -0.2) is 8.42 Å². The van der Waals surface area contributed by atoms with Crippen molar-refractivity contribution in [3.63, 3.8) is 0 Å². The van der Waals surface area contributed by atoms with Crippen molar-refractivity contribution in [3.8, 4) is 5.75 Å². The Morgan fingerprint density at radius 2 is 1.74 bits per heavy atom. The second-order valence-electron chi connectivity index (χ2n) is 7.76. The summed E-state index contributed by atoms with van der Waals surface area (Å²) in [5, 5.41) is 5.13. The fraction of sp³-hybridized carbons (Fsp3) is 0.292. The highest BCUT2D eigenvalue weighted by Gasteiger charge is 2.29. The summed E-state index contributed by atoms with van der Waals surface area (Å²) in [5.74, 6) is 0.253. The van der Waals surface area contributed by atoms with Gasteiger partial charge in [-0.2, -0.15) is 0 Å². The first-order valence-electron chi connectivity index (χ1n) is 10.4. The number of carbonyl (C=O) groups excluding carboxylic acids is 1. The van der Waals surface area contributed by atoms with E-state index in [1.807, 2.05) is 31.2 Å². The second-order valence-corrected chi connectivity index (χ2v) is 9.62. The minimum absolute atomic E-state index is 0.391. The molecule has 6 nitrogen and oxygen atoms in total. The molecule has 3 aromatic rings. The Balaban J connectivity index is 1.63. The summed E-state index contributed by atoms with van der Waals surface area (Å²) in [6.45, 7) is 3.98. The summed E-state index contributed by atoms with van der Waals surface area (Å²) in [6.07, 6.45) is 3.10. The van der Waals surface area contributed by atoms with Crippen molar-refractivity contribution in [2.45, 2.75) is 32.7 Å². The number of benzene rings is 3. The third kappa shape index (κ3) is 4.10. The first kappa shape index (κ1) is 21.2. The van der Waals surface area contributed by atoms with E-state index in [-0.39, 0.29) is 0 Å². The van der Waals surface area contributed by atoms with Gasteiger partial charge in [-0.15, -0.1) is 0 Å². The Bertz CT molecular complexity index is 1230. The van der Waals surface area contributed by atoms with E-state index < -0.39 is 22.0 Å². The molecule has 162 valence electrons. The molecule has 1 amide bonds. The van der Waals surface area contributed by atoms with E-state index in [9.17, 15) is 13.2 Å². The van der Waals surface area contributed by atoms with Crippen LogP contribution in [0.15, 0.2) is 54.6 Å². The van der Waals surface area contributed by atoms with Gasteiger partial charge in [0.2, 0.25) is 15.9 Å². The molecule has 1 aliphatic carbocycles. The van der Waals surface area contributed by atoms with Crippen LogP contribution in [0.25, 0.3) is 10.8 Å². The molecular weight excluding hydrogens is 412 g/mol. The zero-order chi connectivity index (χ0) is 22.2. The van der Waals surface area contributed by atoms with Crippen LogP contribution in [0.1, 0.15) is 25.0 Å². The molecule has 0 aromatic heterocycles. The maximum absolute atomic E-state index is 13.1. The molecule has 31 heavy (non-hydrogen) atoms. The van der Waals surface area contributed by atoms with E-state index in [1.165, 1.54) is 16.5 Å². The quantitative estimate of drug-likeness (QED) is 0.602. The zero-order valence-corrected chi connectivity index (χ0v) is 18.7. The van der Waals surface area contributed by atoms with Crippen LogP contribution in [0.2, 0.25) is 0 Å². The van der Waals surface area contributed by atoms with Crippen LogP contribution in [-0.4, -0.2) is 33.2 Å². The van der Waals surface area contributed by atoms with E-state index in [4.69, 9.17) is 4.74 Å². The molecule has 4 rings (SSSR count). The highest BCUT2D eigenvalue weighted by atomic mass is 32.2. The van der Waals surface area contributed by atoms with E-state index in [0.29, 0.717) is 23.7 Å². The summed E-state index contributed by atoms with van der Waals surface area (Å²) in [6, 6.07) is 15.8. The molecule has 0 aliphatic heterocycles. The third-order valence-corrected chi connectivity index (χ3v) is 6.87. The van der Waals surface area contributed by atoms with Crippen molar-refractivity contribution < 1.29 is 17.9 Å². The normalized spacial score (nSPS) is 13.8. The number of carbonyl (C=O) groups is 1. The smallest absolute Gasteiger partial charge is 0.248 e. The number of hydrogen-bond acceptors (Lipinski definition) is 4. The lowest BCUT2D eigenvalue weighted by molar-refractivity contribution is -0.116. The maximum Gasteiger partial charge on any atom is 0.248 e. The number of amides is 1. The van der Waals surface area contributed by atoms with Crippen molar-refractivity contribution in [3.05, 3.63) is 65.7 Å². The lowest BCUT2D eigenvalue weighted by Crippen LogP contribution is -2.45. The van der Waals surface area contributed by atoms with E-state index in [1.54, 1.807) is 31.2 Å². The SMILES string of the molecule is CCOc1ccc(N(C(C)C(=O)Nc2ccc3c4c(cccc24)CC3)S(C)(=O)=O)cc1. The minimum atomic E-state index is -3.69. The van der Waals surface area contributed by atoms with Gasteiger partial charge in [0.15, 0.2) is 0 Å². The predicted molar refractivity (Wildman–Crippen MR) is 124 cm³/mol. The van der Waals surface area contributed by atoms with Gasteiger partial charge >= 0.3 is 0 Å². The summed E-state index contributed by atoms with van der Waals surface area (Å²) in [5.41, 5.74) is 3.67. The van der Waals surface area contributed by atoms with Gasteiger partial charge in [0.05, 0.1) is 18.6 Å². The number of nitrogens with one attached hydrogen (secondary N) is 1. The molecule has 7 heteroatoms. The number of sulfonamides is 1. The Kier molecular flexibility index (Phi) is 5.62. The standard InChI is InChI=1S/C24H26N2O4S/c1-4-30-20-13-11-19(12-14-20)26(31(3,28)29)16(2)24(27)25-22-15-10-18-9-8-17-6-5-7-21(22)23(17)18/h5-7,10-16H,4,8-9H2,1-3H3,(H,25,27). The van der Waals surface area contributed by atoms with Gasteiger partial charge in [0.1, 0.15) is 11.8 Å². The molecule has 1 aliphatic rings. The number of aryl methyl sites for hydroxylation is 2. The van der Waals surface area contributed by atoms with Crippen LogP contribution in [-0.2, 0) is 27.7 Å². The number of nitrogens with zero attached hydrogens (tertiary/aromatic N) is 1. The summed E-state index contributed by atoms with van der Waals surface area (Å²) < 4.78 is 31.7. The third-order valence-electron chi connectivity index (χ3n) is 5.63. The molecule has 0 bridgehead atoms. The van der Waals surface area contributed by atoms with Crippen molar-refractivity contribution in [1.29, 1.82) is 0 Å². The van der Waals surface area contributed by atoms with Crippen LogP contribution >= 0.6 is 0 Å². The van der Waals surface area contributed by atoms with Gasteiger partial charge in [-0.05, 0) is 73.5 Å². The van der Waals surface area contributed by atoms with E-state index in [2.05, 4.69) is 11.4 Å². The zero-order valence-electron chi connectivity index (χ0n) is 17.9. The minimum Gasteiger partial charge on any atom is -0.494 e. The fourth-order valence-corrected chi connectivity index (χ4v) is 5.43. The number of ether oxygens (including phenoxy) is 1. The van der Waals surface area contributed by atoms with Gasteiger partial charge in [0, 0.05) is 11.1 Å². The predicted octanol–water partition coefficient (Wildman–Crippen LogP) is 4.13. The largest absolute Gasteiger partial charge is 0.494 e. The van der Waals surface area contributed by atoms with Gasteiger partial charge < -0.3 is 10.1 Å². The first-order valence-corrected chi connectivity index (χ1v) is 12.2. The molecule has 0 saturated carbocycles. The van der Waals surface area contributed by atoms with Crippen LogP contribution in [0, 0.1) is 0 Å². The van der Waals surface area contributed by atoms with Crippen molar-refractivity contribution in [1.82, 2.24) is 0 Å². The Labute approximate surface area is 182 Å². The van der Waals surface area contributed by atoms with Crippen LogP contribution in [0.3, 0.4) is 0 Å². The summed E-state index contributed by atoms with van der Waals surface area (Å²) in [7, 11) is -3.69. The van der Waals surface area contributed by atoms with Crippen molar-refractivity contribution in [2.24, 2.45) is 0 Å². The lowest BCUT2D eigenvalue weighted by Gasteiger charge is -2.28. The molecule has 1 atom stereocenters. The van der Waals surface area contributed by atoms with Crippen LogP contribution < -0.4 is 14.4 Å². The number of rotatable bonds is 7. The Morgan fingerprint density at radius 1 is 1.06 bits per heavy atom. The highest BCUT2D eigenvalue weighted by molar-refractivity contribution is 7.92. The molecule has 1 unspecified atom stereocenters. The average Bonchev–Trinajstić information content (AvgIpc) is 3.15. The highest BCUT2D eigenvalue weighted by Crippen LogP contribution is 2.35. The van der Waals surface area contributed by atoms with E-state index >= 15 is 0 Å². The number of hydrogen-bond donors (Lipinski definition) is 1. The van der Waals surface area contributed by atoms with Crippen molar-refractivity contribution in [2.75, 3.05) is 22.5 Å². The molecule has 0 spiro atoms. The molecule has 0 fully saturated rings. The Morgan fingerprint density at radius 3 is 2.39 bits per heavy atom. The topological polar surface area (TPSA) is 75.7 Å². The molecule has 0 heterocycles. The molecular formula is C24H26N2O4S. The second kappa shape index (κ2) is 8.23. The fourth-order valence-electron chi connectivity index (χ4n) is 4.26. The van der Waals surface area contributed by atoms with Gasteiger partial charge in [-0.3, -0.25) is 9.10 Å². The van der Waals surface area contributed by atoms with Crippen molar-refractivity contribution >= 4 is 38.1 Å². The molecule has 3 aromatic carbocycles. The first-order chi connectivity index (χ1) is 14.8. The van der Waals surface area contributed by atoms with Gasteiger partial charge in [-0.1, -0.05) is 24.3 Å². The molecule has 0 radical (unpaired) electrons. The molecule has 0 saturated heterocycles. The summed E-state index contributed by atoms with van der Waals surface area (Å²) in [4.78, 5) is 13.1. The Hall–Kier alpha value is -3.06. The lowest BCUT2D eigenvalue weighted by atomic mass is 10.0. The molecule has 1 N–H and O–H groups in total. The van der Waals surface area contributed by atoms with Crippen LogP contribution in [0.5, 0.6) is 5.75 Å².